The van der Waals surface area contributed by atoms with Gasteiger partial charge >= 0.3 is 5.56 Å². The Bertz CT molecular complexity index is 1460. The van der Waals surface area contributed by atoms with Crippen molar-refractivity contribution in [1.29, 1.82) is 0 Å². The Morgan fingerprint density at radius 2 is 1.77 bits per heavy atom. The van der Waals surface area contributed by atoms with Crippen LogP contribution in [-0.4, -0.2) is 82.7 Å². The molecule has 2 heterocycles. The summed E-state index contributed by atoms with van der Waals surface area (Å²) in [6.07, 6.45) is 1.55. The lowest BCUT2D eigenvalue weighted by Crippen LogP contribution is -2.49. The van der Waals surface area contributed by atoms with Gasteiger partial charge in [0.2, 0.25) is 15.8 Å². The Hall–Kier alpha value is -3.32. The lowest BCUT2D eigenvalue weighted by atomic mass is 10.3. The number of ether oxygens (including phenoxy) is 4. The zero-order chi connectivity index (χ0) is 28.0. The minimum Gasteiger partial charge on any atom is -0.497 e. The standard InChI is InChI=1S/C26H31ClN4O7S/c1-4-37-14-15-38-25-22(18-28-31(26(25)32)20-7-5-6-19(27)16-20)29-10-12-30(13-11-29)39(33,34)24-17-21(35-2)8-9-23(24)36-3/h5-9,16-18H,4,10-15H2,1-3H3. The Labute approximate surface area is 232 Å². The number of sulfonamides is 1. The van der Waals surface area contributed by atoms with Crippen LogP contribution in [0, 0.1) is 0 Å². The summed E-state index contributed by atoms with van der Waals surface area (Å²) in [5.74, 6) is 0.751. The van der Waals surface area contributed by atoms with E-state index in [0.29, 0.717) is 48.5 Å². The first-order valence-corrected chi connectivity index (χ1v) is 14.2. The molecule has 3 aromatic rings. The summed E-state index contributed by atoms with van der Waals surface area (Å²) in [4.78, 5) is 15.4. The molecule has 0 amide bonds. The highest BCUT2D eigenvalue weighted by molar-refractivity contribution is 7.89. The summed E-state index contributed by atoms with van der Waals surface area (Å²) >= 11 is 6.12. The molecule has 0 atom stereocenters. The van der Waals surface area contributed by atoms with Gasteiger partial charge in [0.1, 0.15) is 28.7 Å². The number of piperazine rings is 1. The van der Waals surface area contributed by atoms with Gasteiger partial charge in [-0.2, -0.15) is 14.1 Å². The highest BCUT2D eigenvalue weighted by Gasteiger charge is 2.32. The van der Waals surface area contributed by atoms with Crippen LogP contribution in [0.2, 0.25) is 5.02 Å². The number of methoxy groups -OCH3 is 2. The lowest BCUT2D eigenvalue weighted by molar-refractivity contribution is 0.109. The van der Waals surface area contributed by atoms with Crippen LogP contribution in [0.15, 0.2) is 58.4 Å². The van der Waals surface area contributed by atoms with Gasteiger partial charge in [-0.25, -0.2) is 8.42 Å². The Balaban J connectivity index is 1.60. The summed E-state index contributed by atoms with van der Waals surface area (Å²) in [7, 11) is -0.976. The largest absolute Gasteiger partial charge is 0.497 e. The van der Waals surface area contributed by atoms with Crippen LogP contribution >= 0.6 is 11.6 Å². The molecule has 1 aliphatic heterocycles. The van der Waals surface area contributed by atoms with Crippen molar-refractivity contribution in [3.63, 3.8) is 0 Å². The zero-order valence-corrected chi connectivity index (χ0v) is 23.6. The van der Waals surface area contributed by atoms with Crippen LogP contribution < -0.4 is 24.7 Å². The molecule has 11 nitrogen and oxygen atoms in total. The van der Waals surface area contributed by atoms with E-state index in [9.17, 15) is 13.2 Å². The maximum atomic E-state index is 13.5. The van der Waals surface area contributed by atoms with Gasteiger partial charge in [0.05, 0.1) is 32.7 Å². The second-order valence-electron chi connectivity index (χ2n) is 8.51. The smallest absolute Gasteiger partial charge is 0.316 e. The van der Waals surface area contributed by atoms with E-state index < -0.39 is 15.6 Å². The molecule has 39 heavy (non-hydrogen) atoms. The first kappa shape index (κ1) is 28.7. The van der Waals surface area contributed by atoms with Gasteiger partial charge in [-0.3, -0.25) is 4.79 Å². The Morgan fingerprint density at radius 1 is 1.00 bits per heavy atom. The molecule has 1 fully saturated rings. The molecule has 0 N–H and O–H groups in total. The maximum Gasteiger partial charge on any atom is 0.316 e. The number of halogens is 1. The van der Waals surface area contributed by atoms with E-state index in [4.69, 9.17) is 30.5 Å². The van der Waals surface area contributed by atoms with Crippen molar-refractivity contribution >= 4 is 27.3 Å². The molecule has 0 bridgehead atoms. The van der Waals surface area contributed by atoms with Crippen molar-refractivity contribution in [1.82, 2.24) is 14.1 Å². The number of rotatable bonds is 11. The predicted molar refractivity (Wildman–Crippen MR) is 147 cm³/mol. The summed E-state index contributed by atoms with van der Waals surface area (Å²) in [6, 6.07) is 11.4. The third kappa shape index (κ3) is 6.30. The molecule has 2 aromatic carbocycles. The van der Waals surface area contributed by atoms with E-state index >= 15 is 0 Å². The minimum absolute atomic E-state index is 0.0310. The number of nitrogens with zero attached hydrogens (tertiary/aromatic N) is 4. The summed E-state index contributed by atoms with van der Waals surface area (Å²) in [6.45, 7) is 3.86. The fourth-order valence-corrected chi connectivity index (χ4v) is 6.00. The van der Waals surface area contributed by atoms with Crippen LogP contribution in [0.4, 0.5) is 5.69 Å². The molecule has 0 unspecified atom stereocenters. The molecular weight excluding hydrogens is 548 g/mol. The van der Waals surface area contributed by atoms with Crippen LogP contribution in [-0.2, 0) is 14.8 Å². The van der Waals surface area contributed by atoms with Crippen LogP contribution in [0.25, 0.3) is 5.69 Å². The van der Waals surface area contributed by atoms with Gasteiger partial charge in [-0.15, -0.1) is 0 Å². The second-order valence-corrected chi connectivity index (χ2v) is 10.9. The summed E-state index contributed by atoms with van der Waals surface area (Å²) < 4.78 is 51.4. The predicted octanol–water partition coefficient (Wildman–Crippen LogP) is 2.83. The van der Waals surface area contributed by atoms with E-state index in [1.165, 1.54) is 29.3 Å². The van der Waals surface area contributed by atoms with Gasteiger partial charge < -0.3 is 23.8 Å². The molecule has 0 spiro atoms. The van der Waals surface area contributed by atoms with Gasteiger partial charge in [-0.1, -0.05) is 17.7 Å². The van der Waals surface area contributed by atoms with Gasteiger partial charge in [0.15, 0.2) is 0 Å². The van der Waals surface area contributed by atoms with E-state index in [0.717, 1.165) is 0 Å². The van der Waals surface area contributed by atoms with Crippen LogP contribution in [0.3, 0.4) is 0 Å². The van der Waals surface area contributed by atoms with Gasteiger partial charge in [-0.05, 0) is 37.3 Å². The summed E-state index contributed by atoms with van der Waals surface area (Å²) in [5, 5.41) is 4.82. The number of anilines is 1. The van der Waals surface area contributed by atoms with Crippen molar-refractivity contribution < 1.29 is 27.4 Å². The number of hydrogen-bond acceptors (Lipinski definition) is 9. The molecule has 1 aromatic heterocycles. The quantitative estimate of drug-likeness (QED) is 0.317. The Kier molecular flexibility index (Phi) is 9.33. The lowest BCUT2D eigenvalue weighted by Gasteiger charge is -2.35. The van der Waals surface area contributed by atoms with Crippen molar-refractivity contribution in [3.05, 3.63) is 64.0 Å². The number of hydrogen-bond donors (Lipinski definition) is 0. The van der Waals surface area contributed by atoms with Crippen molar-refractivity contribution in [2.24, 2.45) is 0 Å². The van der Waals surface area contributed by atoms with E-state index in [1.54, 1.807) is 42.6 Å². The molecule has 13 heteroatoms. The third-order valence-corrected chi connectivity index (χ3v) is 8.37. The molecule has 1 aliphatic rings. The van der Waals surface area contributed by atoms with Crippen LogP contribution in [0.5, 0.6) is 17.2 Å². The minimum atomic E-state index is -3.87. The average molecular weight is 579 g/mol. The number of benzene rings is 2. The monoisotopic (exact) mass is 578 g/mol. The molecule has 1 saturated heterocycles. The van der Waals surface area contributed by atoms with Crippen molar-refractivity contribution in [3.8, 4) is 22.9 Å². The van der Waals surface area contributed by atoms with E-state index in [-0.39, 0.29) is 36.1 Å². The summed E-state index contributed by atoms with van der Waals surface area (Å²) in [5.41, 5.74) is 0.519. The highest BCUT2D eigenvalue weighted by Crippen LogP contribution is 2.32. The van der Waals surface area contributed by atoms with Crippen LogP contribution in [0.1, 0.15) is 6.92 Å². The first-order valence-electron chi connectivity index (χ1n) is 12.4. The zero-order valence-electron chi connectivity index (χ0n) is 22.0. The molecular formula is C26H31ClN4O7S. The average Bonchev–Trinajstić information content (AvgIpc) is 2.95. The second kappa shape index (κ2) is 12.7. The van der Waals surface area contributed by atoms with Gasteiger partial charge in [0, 0.05) is 43.9 Å². The first-order chi connectivity index (χ1) is 18.8. The van der Waals surface area contributed by atoms with E-state index in [1.807, 2.05) is 11.8 Å². The SMILES string of the molecule is CCOCCOc1c(N2CCN(S(=O)(=O)c3cc(OC)ccc3OC)CC2)cnn(-c2cccc(Cl)c2)c1=O. The van der Waals surface area contributed by atoms with Gasteiger partial charge in [0.25, 0.3) is 0 Å². The van der Waals surface area contributed by atoms with E-state index in [2.05, 4.69) is 5.10 Å². The highest BCUT2D eigenvalue weighted by atomic mass is 35.5. The Morgan fingerprint density at radius 3 is 2.44 bits per heavy atom. The molecule has 210 valence electrons. The molecule has 0 saturated carbocycles. The fourth-order valence-electron chi connectivity index (χ4n) is 4.22. The number of aromatic nitrogens is 2. The third-order valence-electron chi connectivity index (χ3n) is 6.21. The normalized spacial score (nSPS) is 14.3. The molecule has 0 radical (unpaired) electrons. The topological polar surface area (TPSA) is 112 Å². The molecule has 4 rings (SSSR count). The fraction of sp³-hybridized carbons (Fsp3) is 0.385. The van der Waals surface area contributed by atoms with Crippen molar-refractivity contribution in [2.75, 3.05) is 65.1 Å². The maximum absolute atomic E-state index is 13.5. The molecule has 0 aliphatic carbocycles. The van der Waals surface area contributed by atoms with Crippen molar-refractivity contribution in [2.45, 2.75) is 11.8 Å².